The lowest BCUT2D eigenvalue weighted by Gasteiger charge is -2.26. The zero-order chi connectivity index (χ0) is 21.3. The van der Waals surface area contributed by atoms with Crippen molar-refractivity contribution in [3.63, 3.8) is 0 Å². The predicted octanol–water partition coefficient (Wildman–Crippen LogP) is 3.00. The molecule has 0 aromatic heterocycles. The Kier molecular flexibility index (Phi) is 5.48. The smallest absolute Gasteiger partial charge is 0.238 e. The van der Waals surface area contributed by atoms with Crippen molar-refractivity contribution in [2.75, 3.05) is 0 Å². The van der Waals surface area contributed by atoms with E-state index in [1.165, 1.54) is 12.1 Å². The highest BCUT2D eigenvalue weighted by atomic mass is 19.1. The molecule has 1 amide bonds. The SMILES string of the molecule is N#Cc1ccc(-c2ccc(C[C@@H](C#N)NC(=O)[C@H]3N[C@H]4C[C@@H]3[C@H](F)C4)cc2)cc1F. The summed E-state index contributed by atoms with van der Waals surface area (Å²) < 4.78 is 27.8. The summed E-state index contributed by atoms with van der Waals surface area (Å²) in [7, 11) is 0. The number of piperidine rings is 1. The van der Waals surface area contributed by atoms with Gasteiger partial charge in [-0.25, -0.2) is 8.78 Å². The van der Waals surface area contributed by atoms with Crippen molar-refractivity contribution < 1.29 is 13.6 Å². The molecule has 1 aliphatic carbocycles. The molecule has 2 aliphatic rings. The first-order valence-corrected chi connectivity index (χ1v) is 9.87. The molecule has 0 spiro atoms. The van der Waals surface area contributed by atoms with Crippen molar-refractivity contribution in [3.8, 4) is 23.3 Å². The van der Waals surface area contributed by atoms with Crippen LogP contribution in [0.5, 0.6) is 0 Å². The number of nitriles is 2. The number of carbonyl (C=O) groups is 1. The van der Waals surface area contributed by atoms with Gasteiger partial charge in [-0.15, -0.1) is 0 Å². The van der Waals surface area contributed by atoms with Crippen LogP contribution in [0.25, 0.3) is 11.1 Å². The number of nitrogens with one attached hydrogen (secondary N) is 2. The van der Waals surface area contributed by atoms with Crippen LogP contribution in [0.15, 0.2) is 42.5 Å². The Bertz CT molecular complexity index is 1040. The minimum Gasteiger partial charge on any atom is -0.339 e. The quantitative estimate of drug-likeness (QED) is 0.799. The van der Waals surface area contributed by atoms with Gasteiger partial charge in [0, 0.05) is 18.4 Å². The summed E-state index contributed by atoms with van der Waals surface area (Å²) in [6.45, 7) is 0. The molecule has 30 heavy (non-hydrogen) atoms. The van der Waals surface area contributed by atoms with E-state index in [1.54, 1.807) is 24.3 Å². The molecule has 2 bridgehead atoms. The van der Waals surface area contributed by atoms with Gasteiger partial charge in [-0.2, -0.15) is 10.5 Å². The molecule has 7 heteroatoms. The average Bonchev–Trinajstić information content (AvgIpc) is 3.33. The maximum Gasteiger partial charge on any atom is 0.238 e. The van der Waals surface area contributed by atoms with Crippen LogP contribution in [0.3, 0.4) is 0 Å². The van der Waals surface area contributed by atoms with E-state index < -0.39 is 24.1 Å². The van der Waals surface area contributed by atoms with E-state index >= 15 is 0 Å². The van der Waals surface area contributed by atoms with E-state index in [2.05, 4.69) is 16.7 Å². The third-order valence-electron chi connectivity index (χ3n) is 5.95. The molecule has 2 fully saturated rings. The second-order valence-corrected chi connectivity index (χ2v) is 7.89. The number of nitrogens with zero attached hydrogens (tertiary/aromatic N) is 2. The van der Waals surface area contributed by atoms with Gasteiger partial charge in [0.25, 0.3) is 0 Å². The monoisotopic (exact) mass is 406 g/mol. The van der Waals surface area contributed by atoms with Crippen LogP contribution in [0.4, 0.5) is 8.78 Å². The molecule has 1 heterocycles. The van der Waals surface area contributed by atoms with Gasteiger partial charge in [-0.05, 0) is 41.7 Å². The Morgan fingerprint density at radius 1 is 1.17 bits per heavy atom. The van der Waals surface area contributed by atoms with E-state index in [1.807, 2.05) is 12.1 Å². The number of halogens is 2. The number of benzene rings is 2. The van der Waals surface area contributed by atoms with E-state index in [0.717, 1.165) is 11.1 Å². The molecule has 4 rings (SSSR count). The summed E-state index contributed by atoms with van der Waals surface area (Å²) in [4.78, 5) is 12.5. The molecular formula is C23H20F2N4O. The van der Waals surface area contributed by atoms with Gasteiger partial charge in [0.15, 0.2) is 0 Å². The Balaban J connectivity index is 1.39. The van der Waals surface area contributed by atoms with Gasteiger partial charge in [-0.3, -0.25) is 4.79 Å². The van der Waals surface area contributed by atoms with Crippen molar-refractivity contribution in [1.82, 2.24) is 10.6 Å². The highest BCUT2D eigenvalue weighted by Crippen LogP contribution is 2.37. The van der Waals surface area contributed by atoms with Crippen molar-refractivity contribution in [1.29, 1.82) is 10.5 Å². The van der Waals surface area contributed by atoms with Crippen molar-refractivity contribution in [2.45, 2.75) is 43.6 Å². The van der Waals surface area contributed by atoms with Crippen LogP contribution >= 0.6 is 0 Å². The van der Waals surface area contributed by atoms with Gasteiger partial charge < -0.3 is 10.6 Å². The number of alkyl halides is 1. The third kappa shape index (κ3) is 3.90. The summed E-state index contributed by atoms with van der Waals surface area (Å²) in [5.41, 5.74) is 2.25. The standard InChI is InChI=1S/C23H20F2N4O/c24-20-8-15(5-6-16(20)11-26)14-3-1-13(2-4-14)7-18(12-27)29-23(30)22-19-9-17(28-22)10-21(19)25/h1-6,8,17-19,21-22,28H,7,9-10H2,(H,29,30)/t17-,18-,19+,21+,22-/m0/s1. The molecule has 1 saturated carbocycles. The van der Waals surface area contributed by atoms with Gasteiger partial charge in [-0.1, -0.05) is 30.3 Å². The molecule has 2 aromatic carbocycles. The molecule has 2 N–H and O–H groups in total. The minimum absolute atomic E-state index is 0.00738. The van der Waals surface area contributed by atoms with Crippen LogP contribution in [0, 0.1) is 34.4 Å². The highest BCUT2D eigenvalue weighted by molar-refractivity contribution is 5.83. The fourth-order valence-corrected chi connectivity index (χ4v) is 4.39. The first-order valence-electron chi connectivity index (χ1n) is 9.87. The Morgan fingerprint density at radius 2 is 1.90 bits per heavy atom. The molecule has 0 unspecified atom stereocenters. The number of carbonyl (C=O) groups excluding carboxylic acids is 1. The zero-order valence-electron chi connectivity index (χ0n) is 16.1. The van der Waals surface area contributed by atoms with Gasteiger partial charge in [0.1, 0.15) is 24.1 Å². The number of amides is 1. The van der Waals surface area contributed by atoms with Crippen LogP contribution < -0.4 is 10.6 Å². The zero-order valence-corrected chi connectivity index (χ0v) is 16.1. The Hall–Kier alpha value is -3.29. The second-order valence-electron chi connectivity index (χ2n) is 7.89. The Morgan fingerprint density at radius 3 is 2.50 bits per heavy atom. The first-order chi connectivity index (χ1) is 14.5. The average molecular weight is 406 g/mol. The van der Waals surface area contributed by atoms with Crippen LogP contribution in [-0.4, -0.2) is 30.2 Å². The fraction of sp³-hybridized carbons (Fsp3) is 0.348. The lowest BCUT2D eigenvalue weighted by atomic mass is 9.96. The van der Waals surface area contributed by atoms with Crippen molar-refractivity contribution in [3.05, 3.63) is 59.4 Å². The topological polar surface area (TPSA) is 88.7 Å². The molecular weight excluding hydrogens is 386 g/mol. The number of hydrogen-bond donors (Lipinski definition) is 2. The lowest BCUT2D eigenvalue weighted by molar-refractivity contribution is -0.125. The molecule has 2 aromatic rings. The molecule has 0 radical (unpaired) electrons. The number of rotatable bonds is 5. The normalized spacial score (nSPS) is 25.3. The predicted molar refractivity (Wildman–Crippen MR) is 106 cm³/mol. The van der Waals surface area contributed by atoms with Crippen LogP contribution in [0.1, 0.15) is 24.0 Å². The highest BCUT2D eigenvalue weighted by Gasteiger charge is 2.49. The van der Waals surface area contributed by atoms with E-state index in [9.17, 15) is 18.8 Å². The number of fused-ring (bicyclic) bond motifs is 2. The van der Waals surface area contributed by atoms with Crippen molar-refractivity contribution in [2.24, 2.45) is 5.92 Å². The minimum atomic E-state index is -0.966. The van der Waals surface area contributed by atoms with Gasteiger partial charge in [0.05, 0.1) is 17.7 Å². The molecule has 1 saturated heterocycles. The summed E-state index contributed by atoms with van der Waals surface area (Å²) in [6, 6.07) is 14.3. The maximum atomic E-state index is 13.9. The van der Waals surface area contributed by atoms with E-state index in [0.29, 0.717) is 24.8 Å². The van der Waals surface area contributed by atoms with Gasteiger partial charge in [0.2, 0.25) is 5.91 Å². The largest absolute Gasteiger partial charge is 0.339 e. The molecule has 1 aliphatic heterocycles. The third-order valence-corrected chi connectivity index (χ3v) is 5.95. The maximum absolute atomic E-state index is 13.9. The molecule has 5 atom stereocenters. The fourth-order valence-electron chi connectivity index (χ4n) is 4.39. The van der Waals surface area contributed by atoms with Crippen LogP contribution in [0.2, 0.25) is 0 Å². The first kappa shape index (κ1) is 20.0. The van der Waals surface area contributed by atoms with Gasteiger partial charge >= 0.3 is 0 Å². The second kappa shape index (κ2) is 8.22. The summed E-state index contributed by atoms with van der Waals surface area (Å²) >= 11 is 0. The Labute approximate surface area is 173 Å². The molecule has 5 nitrogen and oxygen atoms in total. The van der Waals surface area contributed by atoms with Crippen molar-refractivity contribution >= 4 is 5.91 Å². The van der Waals surface area contributed by atoms with E-state index in [-0.39, 0.29) is 23.4 Å². The summed E-state index contributed by atoms with van der Waals surface area (Å²) in [5.74, 6) is -1.22. The lowest BCUT2D eigenvalue weighted by Crippen LogP contribution is -2.52. The molecule has 152 valence electrons. The number of hydrogen-bond acceptors (Lipinski definition) is 4. The van der Waals surface area contributed by atoms with Crippen LogP contribution in [-0.2, 0) is 11.2 Å². The van der Waals surface area contributed by atoms with E-state index in [4.69, 9.17) is 5.26 Å². The summed E-state index contributed by atoms with van der Waals surface area (Å²) in [5, 5.41) is 24.1. The summed E-state index contributed by atoms with van der Waals surface area (Å²) in [6.07, 6.45) is 0.455.